The van der Waals surface area contributed by atoms with Gasteiger partial charge in [-0.05, 0) is 39.2 Å². The largest absolute Gasteiger partial charge is 0.364 e. The van der Waals surface area contributed by atoms with Gasteiger partial charge in [-0.3, -0.25) is 0 Å². The molecule has 1 aromatic rings. The van der Waals surface area contributed by atoms with E-state index in [1.165, 1.54) is 25.7 Å². The zero-order valence-corrected chi connectivity index (χ0v) is 9.75. The highest BCUT2D eigenvalue weighted by Crippen LogP contribution is 2.39. The maximum Gasteiger partial charge on any atom is 0.127 e. The highest BCUT2D eigenvalue weighted by atomic mass is 16.5. The first-order valence-corrected chi connectivity index (χ1v) is 6.18. The van der Waals surface area contributed by atoms with Crippen LogP contribution in [0.15, 0.2) is 10.8 Å². The second-order valence-corrected chi connectivity index (χ2v) is 5.10. The van der Waals surface area contributed by atoms with Crippen LogP contribution in [-0.2, 0) is 6.54 Å². The molecule has 88 valence electrons. The van der Waals surface area contributed by atoms with Crippen molar-refractivity contribution >= 4 is 0 Å². The summed E-state index contributed by atoms with van der Waals surface area (Å²) in [5.41, 5.74) is 2.58. The lowest BCUT2D eigenvalue weighted by molar-refractivity contribution is 0.169. The van der Waals surface area contributed by atoms with Crippen molar-refractivity contribution in [2.45, 2.75) is 50.7 Å². The second kappa shape index (κ2) is 3.86. The molecule has 1 aliphatic carbocycles. The van der Waals surface area contributed by atoms with Gasteiger partial charge in [-0.15, -0.1) is 0 Å². The first-order valence-electron chi connectivity index (χ1n) is 6.18. The minimum atomic E-state index is 0.400. The molecule has 16 heavy (non-hydrogen) atoms. The van der Waals surface area contributed by atoms with Crippen molar-refractivity contribution in [3.8, 4) is 0 Å². The molecular formula is C12H19N3O. The molecule has 4 heteroatoms. The summed E-state index contributed by atoms with van der Waals surface area (Å²) >= 11 is 0. The molecule has 2 fully saturated rings. The number of hydrogen-bond acceptors (Lipinski definition) is 4. The van der Waals surface area contributed by atoms with Crippen LogP contribution in [0.4, 0.5) is 0 Å². The number of nitrogens with zero attached hydrogens (tertiary/aromatic N) is 1. The van der Waals surface area contributed by atoms with E-state index in [1.54, 1.807) is 6.26 Å². The fourth-order valence-corrected chi connectivity index (χ4v) is 2.95. The van der Waals surface area contributed by atoms with Crippen LogP contribution in [0.3, 0.4) is 0 Å². The topological polar surface area (TPSA) is 50.1 Å². The minimum Gasteiger partial charge on any atom is -0.364 e. The molecule has 1 atom stereocenters. The van der Waals surface area contributed by atoms with Gasteiger partial charge < -0.3 is 15.2 Å². The summed E-state index contributed by atoms with van der Waals surface area (Å²) in [4.78, 5) is 0. The number of aromatic nitrogens is 1. The Morgan fingerprint density at radius 3 is 3.12 bits per heavy atom. The molecule has 1 aliphatic heterocycles. The van der Waals surface area contributed by atoms with Crippen molar-refractivity contribution < 1.29 is 4.52 Å². The number of aryl methyl sites for hydroxylation is 1. The lowest BCUT2D eigenvalue weighted by atomic mass is 9.73. The lowest BCUT2D eigenvalue weighted by Gasteiger charge is -2.44. The molecule has 1 aromatic heterocycles. The van der Waals surface area contributed by atoms with E-state index in [-0.39, 0.29) is 0 Å². The Bertz CT molecular complexity index is 370. The molecule has 0 radical (unpaired) electrons. The first-order chi connectivity index (χ1) is 7.80. The van der Waals surface area contributed by atoms with E-state index in [0.29, 0.717) is 11.6 Å². The fourth-order valence-electron chi connectivity index (χ4n) is 2.95. The van der Waals surface area contributed by atoms with Crippen LogP contribution in [0.5, 0.6) is 0 Å². The third-order valence-electron chi connectivity index (χ3n) is 4.19. The van der Waals surface area contributed by atoms with E-state index in [4.69, 9.17) is 4.52 Å². The molecule has 1 spiro atoms. The van der Waals surface area contributed by atoms with E-state index in [0.717, 1.165) is 24.3 Å². The van der Waals surface area contributed by atoms with Crippen LogP contribution >= 0.6 is 0 Å². The minimum absolute atomic E-state index is 0.400. The monoisotopic (exact) mass is 221 g/mol. The number of hydrogen-bond donors (Lipinski definition) is 2. The molecule has 1 unspecified atom stereocenters. The highest BCUT2D eigenvalue weighted by Gasteiger charge is 2.46. The maximum absolute atomic E-state index is 4.95. The van der Waals surface area contributed by atoms with Crippen molar-refractivity contribution in [1.82, 2.24) is 15.8 Å². The third-order valence-corrected chi connectivity index (χ3v) is 4.19. The summed E-state index contributed by atoms with van der Waals surface area (Å²) in [6.45, 7) is 4.02. The van der Waals surface area contributed by atoms with Gasteiger partial charge in [0.2, 0.25) is 0 Å². The molecule has 3 rings (SSSR count). The van der Waals surface area contributed by atoms with Gasteiger partial charge in [-0.25, -0.2) is 0 Å². The van der Waals surface area contributed by atoms with Crippen molar-refractivity contribution in [3.05, 3.63) is 17.5 Å². The summed E-state index contributed by atoms with van der Waals surface area (Å²) < 4.78 is 4.95. The SMILES string of the molecule is Cc1conc1CNC1CCNC12CCC2. The average molecular weight is 221 g/mol. The molecule has 0 aromatic carbocycles. The summed E-state index contributed by atoms with van der Waals surface area (Å²) in [5.74, 6) is 0. The quantitative estimate of drug-likeness (QED) is 0.809. The van der Waals surface area contributed by atoms with Gasteiger partial charge in [0.15, 0.2) is 0 Å². The van der Waals surface area contributed by atoms with E-state index in [1.807, 2.05) is 6.92 Å². The maximum atomic E-state index is 4.95. The van der Waals surface area contributed by atoms with Crippen molar-refractivity contribution in [1.29, 1.82) is 0 Å². The average Bonchev–Trinajstić information content (AvgIpc) is 2.80. The van der Waals surface area contributed by atoms with Crippen LogP contribution in [0, 0.1) is 6.92 Å². The third kappa shape index (κ3) is 1.57. The van der Waals surface area contributed by atoms with Gasteiger partial charge in [-0.1, -0.05) is 5.16 Å². The van der Waals surface area contributed by atoms with Crippen LogP contribution in [-0.4, -0.2) is 23.3 Å². The molecule has 0 amide bonds. The number of rotatable bonds is 3. The Morgan fingerprint density at radius 1 is 1.62 bits per heavy atom. The first kappa shape index (κ1) is 10.3. The molecular weight excluding hydrogens is 202 g/mol. The van der Waals surface area contributed by atoms with E-state index < -0.39 is 0 Å². The van der Waals surface area contributed by atoms with Gasteiger partial charge >= 0.3 is 0 Å². The van der Waals surface area contributed by atoms with Crippen LogP contribution in [0.2, 0.25) is 0 Å². The molecule has 0 bridgehead atoms. The molecule has 4 nitrogen and oxygen atoms in total. The summed E-state index contributed by atoms with van der Waals surface area (Å²) in [5, 5.41) is 11.3. The zero-order chi connectivity index (χ0) is 11.0. The lowest BCUT2D eigenvalue weighted by Crippen LogP contribution is -2.57. The standard InChI is InChI=1S/C12H19N3O/c1-9-8-16-15-10(9)7-13-11-3-6-14-12(11)4-2-5-12/h8,11,13-14H,2-7H2,1H3. The predicted molar refractivity (Wildman–Crippen MR) is 61.1 cm³/mol. The summed E-state index contributed by atoms with van der Waals surface area (Å²) in [7, 11) is 0. The van der Waals surface area contributed by atoms with Crippen LogP contribution in [0.1, 0.15) is 36.9 Å². The van der Waals surface area contributed by atoms with Gasteiger partial charge in [0.1, 0.15) is 12.0 Å². The van der Waals surface area contributed by atoms with E-state index in [9.17, 15) is 0 Å². The number of nitrogens with one attached hydrogen (secondary N) is 2. The molecule has 2 N–H and O–H groups in total. The Hall–Kier alpha value is -0.870. The Morgan fingerprint density at radius 2 is 2.50 bits per heavy atom. The molecule has 2 heterocycles. The predicted octanol–water partition coefficient (Wildman–Crippen LogP) is 1.36. The van der Waals surface area contributed by atoms with Crippen molar-refractivity contribution in [2.75, 3.05) is 6.54 Å². The van der Waals surface area contributed by atoms with Gasteiger partial charge in [0, 0.05) is 23.7 Å². The second-order valence-electron chi connectivity index (χ2n) is 5.10. The zero-order valence-electron chi connectivity index (χ0n) is 9.75. The van der Waals surface area contributed by atoms with Crippen LogP contribution in [0.25, 0.3) is 0 Å². The molecule has 1 saturated carbocycles. The van der Waals surface area contributed by atoms with E-state index >= 15 is 0 Å². The van der Waals surface area contributed by atoms with E-state index in [2.05, 4.69) is 15.8 Å². The van der Waals surface area contributed by atoms with Crippen molar-refractivity contribution in [2.24, 2.45) is 0 Å². The highest BCUT2D eigenvalue weighted by molar-refractivity contribution is 5.14. The fraction of sp³-hybridized carbons (Fsp3) is 0.750. The summed E-state index contributed by atoms with van der Waals surface area (Å²) in [6, 6.07) is 0.609. The Kier molecular flexibility index (Phi) is 2.48. The van der Waals surface area contributed by atoms with Gasteiger partial charge in [0.05, 0.1) is 0 Å². The van der Waals surface area contributed by atoms with Crippen LogP contribution < -0.4 is 10.6 Å². The Balaban J connectivity index is 1.61. The Labute approximate surface area is 95.8 Å². The summed E-state index contributed by atoms with van der Waals surface area (Å²) in [6.07, 6.45) is 6.96. The molecule has 1 saturated heterocycles. The van der Waals surface area contributed by atoms with Gasteiger partial charge in [0.25, 0.3) is 0 Å². The molecule has 2 aliphatic rings. The smallest absolute Gasteiger partial charge is 0.127 e. The normalized spacial score (nSPS) is 27.2. The van der Waals surface area contributed by atoms with Crippen molar-refractivity contribution in [3.63, 3.8) is 0 Å². The van der Waals surface area contributed by atoms with Gasteiger partial charge in [-0.2, -0.15) is 0 Å².